The zero-order chi connectivity index (χ0) is 25.3. The first kappa shape index (κ1) is 29.4. The maximum absolute atomic E-state index is 12.5. The largest absolute Gasteiger partial charge is 0.458 e. The van der Waals surface area contributed by atoms with E-state index in [0.717, 1.165) is 0 Å². The molecule has 0 heterocycles. The van der Waals surface area contributed by atoms with Crippen LogP contribution < -0.4 is 10.6 Å². The molecule has 0 rings (SSSR count). The first-order chi connectivity index (χ1) is 14.3. The van der Waals surface area contributed by atoms with Gasteiger partial charge in [-0.05, 0) is 75.2 Å². The van der Waals surface area contributed by atoms with Crippen LogP contribution in [0.1, 0.15) is 75.2 Å². The molecule has 0 saturated carbocycles. The first-order valence-electron chi connectivity index (χ1n) is 10.5. The van der Waals surface area contributed by atoms with Crippen LogP contribution in [0, 0.1) is 0 Å². The monoisotopic (exact) mass is 460 g/mol. The predicted molar refractivity (Wildman–Crippen MR) is 119 cm³/mol. The number of hydroxylamine groups is 2. The Kier molecular flexibility index (Phi) is 10.9. The molecule has 0 aliphatic heterocycles. The zero-order valence-electron chi connectivity index (χ0n) is 21.0. The molecular formula is C21H40N4O7. The lowest BCUT2D eigenvalue weighted by atomic mass is 10.1. The van der Waals surface area contributed by atoms with Gasteiger partial charge in [0.15, 0.2) is 0 Å². The summed E-state index contributed by atoms with van der Waals surface area (Å²) >= 11 is 0. The Bertz CT molecular complexity index is 671. The van der Waals surface area contributed by atoms with E-state index in [9.17, 15) is 19.6 Å². The number of hydrogen-bond acceptors (Lipinski definition) is 8. The Morgan fingerprint density at radius 1 is 0.875 bits per heavy atom. The molecule has 32 heavy (non-hydrogen) atoms. The van der Waals surface area contributed by atoms with Crippen molar-refractivity contribution in [3.63, 3.8) is 0 Å². The molecule has 3 N–H and O–H groups in total. The van der Waals surface area contributed by atoms with Crippen LogP contribution in [0.5, 0.6) is 0 Å². The van der Waals surface area contributed by atoms with Crippen LogP contribution in [0.15, 0.2) is 4.99 Å². The lowest BCUT2D eigenvalue weighted by Gasteiger charge is -2.26. The van der Waals surface area contributed by atoms with E-state index in [0.29, 0.717) is 11.5 Å². The van der Waals surface area contributed by atoms with Crippen LogP contribution in [-0.2, 0) is 19.0 Å². The summed E-state index contributed by atoms with van der Waals surface area (Å²) in [6, 6.07) is -0.951. The van der Waals surface area contributed by atoms with Crippen molar-refractivity contribution in [3.05, 3.63) is 0 Å². The number of esters is 1. The highest BCUT2D eigenvalue weighted by Gasteiger charge is 2.28. The number of rotatable bonds is 6. The van der Waals surface area contributed by atoms with E-state index in [1.165, 1.54) is 7.05 Å². The Labute approximate surface area is 190 Å². The summed E-state index contributed by atoms with van der Waals surface area (Å²) in [5, 5.41) is 15.2. The number of nitrogens with zero attached hydrogens (tertiary/aromatic N) is 2. The van der Waals surface area contributed by atoms with Crippen molar-refractivity contribution in [2.75, 3.05) is 13.6 Å². The number of alkyl carbamates (subject to hydrolysis) is 2. The standard InChI is InChI=1S/C21H40N4O7/c1-19(2,3)30-15(26)14(23-17(27)31-20(4,5)6)12-11-13-22-16(25(10)29)24-18(28)32-21(7,8)9/h14,29H,11-13H2,1-10H3,(H,23,27)(H,22,24,28)/t14-/m0/s1. The molecule has 2 amide bonds. The van der Waals surface area contributed by atoms with Gasteiger partial charge in [-0.1, -0.05) is 0 Å². The Morgan fingerprint density at radius 3 is 1.78 bits per heavy atom. The van der Waals surface area contributed by atoms with E-state index < -0.39 is 41.0 Å². The number of ether oxygens (including phenoxy) is 3. The number of carbonyl (C=O) groups excluding carboxylic acids is 3. The summed E-state index contributed by atoms with van der Waals surface area (Å²) in [7, 11) is 1.30. The Balaban J connectivity index is 5.10. The van der Waals surface area contributed by atoms with Gasteiger partial charge in [-0.15, -0.1) is 0 Å². The molecule has 0 fully saturated rings. The number of carbonyl (C=O) groups is 3. The molecule has 0 unspecified atom stereocenters. The molecule has 0 aromatic carbocycles. The van der Waals surface area contributed by atoms with Crippen molar-refractivity contribution in [2.24, 2.45) is 4.99 Å². The molecule has 1 atom stereocenters. The van der Waals surface area contributed by atoms with E-state index in [2.05, 4.69) is 15.6 Å². The average molecular weight is 461 g/mol. The van der Waals surface area contributed by atoms with E-state index in [1.807, 2.05) is 0 Å². The third-order valence-corrected chi connectivity index (χ3v) is 3.21. The summed E-state index contributed by atoms with van der Waals surface area (Å²) < 4.78 is 15.7. The van der Waals surface area contributed by atoms with Crippen molar-refractivity contribution < 1.29 is 33.8 Å². The summed E-state index contributed by atoms with van der Waals surface area (Å²) in [5.74, 6) is -0.716. The van der Waals surface area contributed by atoms with E-state index in [-0.39, 0.29) is 18.9 Å². The second-order valence-electron chi connectivity index (χ2n) is 10.2. The van der Waals surface area contributed by atoms with Gasteiger partial charge in [0.1, 0.15) is 22.8 Å². The fourth-order valence-electron chi connectivity index (χ4n) is 2.17. The van der Waals surface area contributed by atoms with E-state index in [4.69, 9.17) is 14.2 Å². The third-order valence-electron chi connectivity index (χ3n) is 3.21. The van der Waals surface area contributed by atoms with Crippen LogP contribution >= 0.6 is 0 Å². The van der Waals surface area contributed by atoms with Gasteiger partial charge in [-0.25, -0.2) is 19.4 Å². The van der Waals surface area contributed by atoms with E-state index >= 15 is 0 Å². The smallest absolute Gasteiger partial charge is 0.414 e. The predicted octanol–water partition coefficient (Wildman–Crippen LogP) is 3.20. The average Bonchev–Trinajstić information content (AvgIpc) is 2.50. The van der Waals surface area contributed by atoms with Crippen LogP contribution in [0.25, 0.3) is 0 Å². The summed E-state index contributed by atoms with van der Waals surface area (Å²) in [6.45, 7) is 15.6. The molecule has 0 aromatic rings. The number of nitrogens with one attached hydrogen (secondary N) is 2. The zero-order valence-corrected chi connectivity index (χ0v) is 21.0. The molecule has 0 aromatic heterocycles. The van der Waals surface area contributed by atoms with E-state index in [1.54, 1.807) is 62.3 Å². The van der Waals surface area contributed by atoms with Gasteiger partial charge < -0.3 is 19.5 Å². The van der Waals surface area contributed by atoms with Gasteiger partial charge in [0.05, 0.1) is 0 Å². The molecule has 0 aliphatic rings. The number of aliphatic imine (C=N–C) groups is 1. The minimum absolute atomic E-state index is 0.117. The topological polar surface area (TPSA) is 139 Å². The number of hydrogen-bond donors (Lipinski definition) is 3. The van der Waals surface area contributed by atoms with Gasteiger partial charge in [0, 0.05) is 13.6 Å². The van der Waals surface area contributed by atoms with Gasteiger partial charge in [-0.3, -0.25) is 15.5 Å². The molecule has 0 saturated heterocycles. The fourth-order valence-corrected chi connectivity index (χ4v) is 2.17. The van der Waals surface area contributed by atoms with Gasteiger partial charge in [-0.2, -0.15) is 0 Å². The second-order valence-corrected chi connectivity index (χ2v) is 10.2. The molecule has 0 bridgehead atoms. The quantitative estimate of drug-likeness (QED) is 0.137. The SMILES string of the molecule is CN(O)C(=NCCC[C@H](NC(=O)OC(C)(C)C)C(=O)OC(C)(C)C)NC(=O)OC(C)(C)C. The van der Waals surface area contributed by atoms with Crippen LogP contribution in [0.3, 0.4) is 0 Å². The highest BCUT2D eigenvalue weighted by Crippen LogP contribution is 2.13. The first-order valence-corrected chi connectivity index (χ1v) is 10.5. The maximum Gasteiger partial charge on any atom is 0.414 e. The lowest BCUT2D eigenvalue weighted by Crippen LogP contribution is -2.46. The molecule has 0 radical (unpaired) electrons. The molecule has 0 aliphatic carbocycles. The maximum atomic E-state index is 12.5. The minimum atomic E-state index is -0.951. The second kappa shape index (κ2) is 11.9. The lowest BCUT2D eigenvalue weighted by molar-refractivity contribution is -0.157. The van der Waals surface area contributed by atoms with Crippen molar-refractivity contribution >= 4 is 24.1 Å². The molecule has 11 nitrogen and oxygen atoms in total. The molecular weight excluding hydrogens is 420 g/mol. The normalized spacial score (nSPS) is 13.7. The minimum Gasteiger partial charge on any atom is -0.458 e. The summed E-state index contributed by atoms with van der Waals surface area (Å²) in [6.07, 6.45) is -0.964. The molecule has 186 valence electrons. The van der Waals surface area contributed by atoms with Gasteiger partial charge >= 0.3 is 18.2 Å². The van der Waals surface area contributed by atoms with Crippen molar-refractivity contribution in [3.8, 4) is 0 Å². The van der Waals surface area contributed by atoms with Crippen molar-refractivity contribution in [1.29, 1.82) is 0 Å². The highest BCUT2D eigenvalue weighted by molar-refractivity contribution is 5.93. The number of amides is 2. The van der Waals surface area contributed by atoms with Crippen LogP contribution in [0.2, 0.25) is 0 Å². The Hall–Kier alpha value is -2.56. The van der Waals surface area contributed by atoms with Gasteiger partial charge in [0.2, 0.25) is 5.96 Å². The summed E-state index contributed by atoms with van der Waals surface area (Å²) in [5.41, 5.74) is -2.16. The van der Waals surface area contributed by atoms with Crippen LogP contribution in [0.4, 0.5) is 9.59 Å². The highest BCUT2D eigenvalue weighted by atomic mass is 16.6. The molecule has 0 spiro atoms. The number of guanidine groups is 1. The summed E-state index contributed by atoms with van der Waals surface area (Å²) in [4.78, 5) is 40.7. The molecule has 11 heteroatoms. The fraction of sp³-hybridized carbons (Fsp3) is 0.810. The third kappa shape index (κ3) is 15.3. The van der Waals surface area contributed by atoms with Crippen LogP contribution in [-0.4, -0.2) is 70.8 Å². The van der Waals surface area contributed by atoms with Crippen molar-refractivity contribution in [1.82, 2.24) is 15.7 Å². The van der Waals surface area contributed by atoms with Crippen molar-refractivity contribution in [2.45, 2.75) is 98.0 Å². The Morgan fingerprint density at radius 2 is 1.34 bits per heavy atom. The van der Waals surface area contributed by atoms with Gasteiger partial charge in [0.25, 0.3) is 0 Å².